The lowest BCUT2D eigenvalue weighted by Crippen LogP contribution is -2.58. The molecule has 8 heteroatoms. The van der Waals surface area contributed by atoms with Crippen LogP contribution >= 0.6 is 0 Å². The number of nitrogens with zero attached hydrogens (tertiary/aromatic N) is 3. The van der Waals surface area contributed by atoms with E-state index in [1.165, 1.54) is 12.0 Å². The average Bonchev–Trinajstić information content (AvgIpc) is 2.64. The summed E-state index contributed by atoms with van der Waals surface area (Å²) in [7, 11) is 0. The zero-order valence-electron chi connectivity index (χ0n) is 16.1. The third-order valence-corrected chi connectivity index (χ3v) is 6.21. The van der Waals surface area contributed by atoms with Gasteiger partial charge in [-0.05, 0) is 24.6 Å². The predicted octanol–water partition coefficient (Wildman–Crippen LogP) is 0.374. The standard InChI is InChI=1S/C20H28N4O4/c25-19(2-6-26-12-16-1-3-21-16)23-4-5-24-17(9-23)13-28-18-7-14(8-22-20(18)24)15-10-27-11-15/h7-8,15-17,21H,1-6,9-13H2. The molecule has 8 nitrogen and oxygen atoms in total. The molecule has 0 spiro atoms. The molecule has 3 fully saturated rings. The van der Waals surface area contributed by atoms with E-state index in [0.29, 0.717) is 44.7 Å². The van der Waals surface area contributed by atoms with Gasteiger partial charge >= 0.3 is 0 Å². The molecular weight excluding hydrogens is 360 g/mol. The van der Waals surface area contributed by atoms with Crippen LogP contribution < -0.4 is 15.0 Å². The van der Waals surface area contributed by atoms with Crippen LogP contribution in [0.15, 0.2) is 12.3 Å². The third kappa shape index (κ3) is 3.56. The molecular formula is C20H28N4O4. The van der Waals surface area contributed by atoms with Gasteiger partial charge in [-0.15, -0.1) is 0 Å². The average molecular weight is 388 g/mol. The predicted molar refractivity (Wildman–Crippen MR) is 103 cm³/mol. The number of fused-ring (bicyclic) bond motifs is 3. The molecule has 0 aliphatic carbocycles. The van der Waals surface area contributed by atoms with Crippen LogP contribution in [0.2, 0.25) is 0 Å². The minimum Gasteiger partial charge on any atom is -0.487 e. The maximum absolute atomic E-state index is 12.5. The summed E-state index contributed by atoms with van der Waals surface area (Å²) in [4.78, 5) is 21.5. The van der Waals surface area contributed by atoms with E-state index in [1.807, 2.05) is 11.1 Å². The van der Waals surface area contributed by atoms with Gasteiger partial charge in [-0.3, -0.25) is 4.79 Å². The topological polar surface area (TPSA) is 76.2 Å². The van der Waals surface area contributed by atoms with E-state index in [4.69, 9.17) is 14.2 Å². The van der Waals surface area contributed by atoms with Crippen molar-refractivity contribution in [2.45, 2.75) is 30.8 Å². The summed E-state index contributed by atoms with van der Waals surface area (Å²) >= 11 is 0. The van der Waals surface area contributed by atoms with E-state index in [9.17, 15) is 4.79 Å². The van der Waals surface area contributed by atoms with Crippen LogP contribution in [0.25, 0.3) is 0 Å². The van der Waals surface area contributed by atoms with E-state index >= 15 is 0 Å². The Morgan fingerprint density at radius 2 is 2.21 bits per heavy atom. The number of carbonyl (C=O) groups excluding carboxylic acids is 1. The van der Waals surface area contributed by atoms with Crippen LogP contribution in [0.1, 0.15) is 24.3 Å². The number of rotatable bonds is 6. The summed E-state index contributed by atoms with van der Waals surface area (Å²) in [5.74, 6) is 2.37. The second kappa shape index (κ2) is 7.85. The lowest BCUT2D eigenvalue weighted by atomic mass is 9.99. The molecule has 1 aromatic heterocycles. The Balaban J connectivity index is 1.14. The van der Waals surface area contributed by atoms with Gasteiger partial charge in [-0.2, -0.15) is 0 Å². The first-order chi connectivity index (χ1) is 13.8. The number of aromatic nitrogens is 1. The van der Waals surface area contributed by atoms with Crippen molar-refractivity contribution in [2.24, 2.45) is 0 Å². The summed E-state index contributed by atoms with van der Waals surface area (Å²) in [5, 5.41) is 3.30. The number of amides is 1. The quantitative estimate of drug-likeness (QED) is 0.706. The van der Waals surface area contributed by atoms with Gasteiger partial charge in [0.15, 0.2) is 11.6 Å². The molecule has 5 heterocycles. The van der Waals surface area contributed by atoms with Crippen LogP contribution in [-0.4, -0.2) is 87.1 Å². The van der Waals surface area contributed by atoms with Crippen molar-refractivity contribution >= 4 is 11.7 Å². The van der Waals surface area contributed by atoms with Gasteiger partial charge in [0.1, 0.15) is 6.61 Å². The summed E-state index contributed by atoms with van der Waals surface area (Å²) in [6, 6.07) is 2.75. The fourth-order valence-corrected chi connectivity index (χ4v) is 4.15. The monoisotopic (exact) mass is 388 g/mol. The molecule has 0 radical (unpaired) electrons. The van der Waals surface area contributed by atoms with Crippen molar-refractivity contribution in [2.75, 3.05) is 64.1 Å². The van der Waals surface area contributed by atoms with Crippen molar-refractivity contribution < 1.29 is 19.0 Å². The van der Waals surface area contributed by atoms with Gasteiger partial charge in [0.2, 0.25) is 5.91 Å². The highest BCUT2D eigenvalue weighted by Crippen LogP contribution is 2.36. The Labute approximate surface area is 165 Å². The minimum absolute atomic E-state index is 0.163. The normalized spacial score (nSPS) is 26.6. The number of anilines is 1. The van der Waals surface area contributed by atoms with Crippen molar-refractivity contribution in [1.82, 2.24) is 15.2 Å². The first-order valence-electron chi connectivity index (χ1n) is 10.3. The van der Waals surface area contributed by atoms with Crippen LogP contribution in [-0.2, 0) is 14.3 Å². The third-order valence-electron chi connectivity index (χ3n) is 6.21. The van der Waals surface area contributed by atoms with Crippen molar-refractivity contribution in [1.29, 1.82) is 0 Å². The van der Waals surface area contributed by atoms with E-state index in [-0.39, 0.29) is 11.9 Å². The molecule has 1 amide bonds. The van der Waals surface area contributed by atoms with Crippen molar-refractivity contribution in [3.8, 4) is 5.75 Å². The summed E-state index contributed by atoms with van der Waals surface area (Å²) < 4.78 is 16.9. The molecule has 0 bridgehead atoms. The van der Waals surface area contributed by atoms with Gasteiger partial charge in [0, 0.05) is 37.8 Å². The highest BCUT2D eigenvalue weighted by atomic mass is 16.5. The zero-order valence-corrected chi connectivity index (χ0v) is 16.1. The molecule has 4 aliphatic heterocycles. The minimum atomic E-state index is 0.163. The zero-order chi connectivity index (χ0) is 18.9. The molecule has 1 N–H and O–H groups in total. The van der Waals surface area contributed by atoms with E-state index in [2.05, 4.69) is 21.3 Å². The first kappa shape index (κ1) is 18.1. The van der Waals surface area contributed by atoms with Crippen LogP contribution in [0, 0.1) is 0 Å². The van der Waals surface area contributed by atoms with Gasteiger partial charge in [-0.1, -0.05) is 0 Å². The Hall–Kier alpha value is -1.90. The lowest BCUT2D eigenvalue weighted by molar-refractivity contribution is -0.133. The van der Waals surface area contributed by atoms with Crippen LogP contribution in [0.5, 0.6) is 5.75 Å². The van der Waals surface area contributed by atoms with E-state index in [1.54, 1.807) is 0 Å². The summed E-state index contributed by atoms with van der Waals surface area (Å²) in [5.41, 5.74) is 1.19. The maximum Gasteiger partial charge on any atom is 0.225 e. The van der Waals surface area contributed by atoms with E-state index in [0.717, 1.165) is 44.4 Å². The number of carbonyl (C=O) groups is 1. The fourth-order valence-electron chi connectivity index (χ4n) is 4.15. The molecule has 28 heavy (non-hydrogen) atoms. The summed E-state index contributed by atoms with van der Waals surface area (Å²) in [6.45, 7) is 6.60. The highest BCUT2D eigenvalue weighted by molar-refractivity contribution is 5.77. The maximum atomic E-state index is 12.5. The number of hydrogen-bond acceptors (Lipinski definition) is 7. The Morgan fingerprint density at radius 1 is 1.32 bits per heavy atom. The van der Waals surface area contributed by atoms with Crippen molar-refractivity contribution in [3.63, 3.8) is 0 Å². The Morgan fingerprint density at radius 3 is 2.96 bits per heavy atom. The largest absolute Gasteiger partial charge is 0.487 e. The SMILES string of the molecule is O=C(CCOCC1CCN1)N1CCN2c3ncc(C4COC4)cc3OCC2C1. The van der Waals surface area contributed by atoms with Gasteiger partial charge in [0.05, 0.1) is 38.9 Å². The lowest BCUT2D eigenvalue weighted by Gasteiger charge is -2.45. The number of nitrogens with one attached hydrogen (secondary N) is 1. The van der Waals surface area contributed by atoms with Gasteiger partial charge in [-0.25, -0.2) is 4.98 Å². The van der Waals surface area contributed by atoms with Gasteiger partial charge in [0.25, 0.3) is 0 Å². The molecule has 2 unspecified atom stereocenters. The molecule has 4 aliphatic rings. The first-order valence-corrected chi connectivity index (χ1v) is 10.3. The van der Waals surface area contributed by atoms with Crippen molar-refractivity contribution in [3.05, 3.63) is 17.8 Å². The number of pyridine rings is 1. The molecule has 5 rings (SSSR count). The molecule has 2 atom stereocenters. The number of ether oxygens (including phenoxy) is 3. The van der Waals surface area contributed by atoms with E-state index < -0.39 is 0 Å². The van der Waals surface area contributed by atoms with Crippen LogP contribution in [0.3, 0.4) is 0 Å². The number of piperazine rings is 1. The molecule has 152 valence electrons. The fraction of sp³-hybridized carbons (Fsp3) is 0.700. The highest BCUT2D eigenvalue weighted by Gasteiger charge is 2.36. The second-order valence-electron chi connectivity index (χ2n) is 8.09. The Bertz CT molecular complexity index is 722. The second-order valence-corrected chi connectivity index (χ2v) is 8.09. The van der Waals surface area contributed by atoms with Gasteiger partial charge < -0.3 is 29.3 Å². The smallest absolute Gasteiger partial charge is 0.225 e. The Kier molecular flexibility index (Phi) is 5.09. The number of hydrogen-bond donors (Lipinski definition) is 1. The molecule has 1 aromatic rings. The molecule has 3 saturated heterocycles. The summed E-state index contributed by atoms with van der Waals surface area (Å²) in [6.07, 6.45) is 3.56. The van der Waals surface area contributed by atoms with Crippen LogP contribution in [0.4, 0.5) is 5.82 Å². The molecule has 0 saturated carbocycles. The molecule has 0 aromatic carbocycles.